The molecule has 1 aliphatic rings. The molecule has 2 heterocycles. The molecule has 0 spiro atoms. The zero-order chi connectivity index (χ0) is 18.1. The molecular formula is C17H17ClFN5O2S. The van der Waals surface area contributed by atoms with Crippen molar-refractivity contribution in [1.82, 2.24) is 15.1 Å². The van der Waals surface area contributed by atoms with Gasteiger partial charge in [0.05, 0.1) is 23.2 Å². The molecule has 1 aromatic carbocycles. The van der Waals surface area contributed by atoms with E-state index in [0.29, 0.717) is 29.0 Å². The highest BCUT2D eigenvalue weighted by atomic mass is 35.5. The average molecular weight is 410 g/mol. The third kappa shape index (κ3) is 4.00. The number of carbonyl (C=O) groups is 1. The van der Waals surface area contributed by atoms with Crippen molar-refractivity contribution >= 4 is 34.8 Å². The molecule has 3 aromatic rings. The Balaban J connectivity index is 0.00000210. The first-order chi connectivity index (χ1) is 12.5. The van der Waals surface area contributed by atoms with Crippen LogP contribution in [0.1, 0.15) is 47.0 Å². The van der Waals surface area contributed by atoms with Gasteiger partial charge in [-0.1, -0.05) is 17.3 Å². The highest BCUT2D eigenvalue weighted by Crippen LogP contribution is 2.37. The van der Waals surface area contributed by atoms with Crippen molar-refractivity contribution in [3.8, 4) is 0 Å². The Morgan fingerprint density at radius 2 is 2.11 bits per heavy atom. The van der Waals surface area contributed by atoms with E-state index < -0.39 is 17.3 Å². The molecule has 1 saturated carbocycles. The Labute approximate surface area is 164 Å². The second-order valence-electron chi connectivity index (χ2n) is 6.28. The largest absolute Gasteiger partial charge is 0.339 e. The Bertz CT molecular complexity index is 956. The van der Waals surface area contributed by atoms with Crippen molar-refractivity contribution in [3.05, 3.63) is 58.4 Å². The highest BCUT2D eigenvalue weighted by Gasteiger charge is 2.39. The third-order valence-electron chi connectivity index (χ3n) is 4.38. The quantitative estimate of drug-likeness (QED) is 0.669. The van der Waals surface area contributed by atoms with Gasteiger partial charge in [-0.05, 0) is 31.4 Å². The van der Waals surface area contributed by atoms with Gasteiger partial charge in [-0.15, -0.1) is 23.7 Å². The van der Waals surface area contributed by atoms with Crippen molar-refractivity contribution in [1.29, 1.82) is 0 Å². The average Bonchev–Trinajstić information content (AvgIpc) is 3.23. The van der Waals surface area contributed by atoms with Crippen LogP contribution >= 0.6 is 23.7 Å². The van der Waals surface area contributed by atoms with Crippen molar-refractivity contribution in [2.45, 2.75) is 31.2 Å². The fraction of sp³-hybridized carbons (Fsp3) is 0.294. The van der Waals surface area contributed by atoms with E-state index >= 15 is 0 Å². The van der Waals surface area contributed by atoms with Gasteiger partial charge in [0.15, 0.2) is 11.0 Å². The smallest absolute Gasteiger partial charge is 0.260 e. The standard InChI is InChI=1S/C17H16FN5O2S.ClH/c18-12-5-2-1-4-11(12)14(24)22-16-20-10(9-26-16)8-13-21-15(23-25-13)17(19)6-3-7-17;/h1-2,4-5,9H,3,6-8,19H2,(H,20,22,24);1H. The maximum atomic E-state index is 13.7. The molecule has 2 aromatic heterocycles. The number of carbonyl (C=O) groups excluding carboxylic acids is 1. The second kappa shape index (κ2) is 7.71. The lowest BCUT2D eigenvalue weighted by molar-refractivity contribution is 0.102. The van der Waals surface area contributed by atoms with E-state index in [1.54, 1.807) is 11.4 Å². The predicted molar refractivity (Wildman–Crippen MR) is 101 cm³/mol. The highest BCUT2D eigenvalue weighted by molar-refractivity contribution is 7.14. The van der Waals surface area contributed by atoms with E-state index in [-0.39, 0.29) is 18.0 Å². The summed E-state index contributed by atoms with van der Waals surface area (Å²) in [5.41, 5.74) is 6.36. The zero-order valence-electron chi connectivity index (χ0n) is 14.1. The molecular weight excluding hydrogens is 393 g/mol. The molecule has 0 unspecified atom stereocenters. The Hall–Kier alpha value is -2.36. The van der Waals surface area contributed by atoms with Crippen LogP contribution in [-0.2, 0) is 12.0 Å². The van der Waals surface area contributed by atoms with Crippen molar-refractivity contribution in [2.24, 2.45) is 5.73 Å². The van der Waals surface area contributed by atoms with Crippen LogP contribution in [0.25, 0.3) is 0 Å². The SMILES string of the molecule is Cl.NC1(c2noc(Cc3csc(NC(=O)c4ccccc4F)n3)n2)CCC1. The molecule has 27 heavy (non-hydrogen) atoms. The monoisotopic (exact) mass is 409 g/mol. The van der Waals surface area contributed by atoms with E-state index in [1.165, 1.54) is 29.5 Å². The molecule has 7 nitrogen and oxygen atoms in total. The van der Waals surface area contributed by atoms with Crippen LogP contribution in [0.4, 0.5) is 9.52 Å². The lowest BCUT2D eigenvalue weighted by Crippen LogP contribution is -2.44. The maximum absolute atomic E-state index is 13.7. The maximum Gasteiger partial charge on any atom is 0.260 e. The molecule has 3 N–H and O–H groups in total. The first kappa shape index (κ1) is 19.4. The number of rotatable bonds is 5. The lowest BCUT2D eigenvalue weighted by atomic mass is 9.77. The number of halogens is 2. The molecule has 0 bridgehead atoms. The number of aromatic nitrogens is 3. The Morgan fingerprint density at radius 1 is 1.33 bits per heavy atom. The molecule has 1 amide bonds. The summed E-state index contributed by atoms with van der Waals surface area (Å²) in [7, 11) is 0. The number of nitrogens with zero attached hydrogens (tertiary/aromatic N) is 3. The zero-order valence-corrected chi connectivity index (χ0v) is 15.8. The van der Waals surface area contributed by atoms with Crippen molar-refractivity contribution in [2.75, 3.05) is 5.32 Å². The lowest BCUT2D eigenvalue weighted by Gasteiger charge is -2.34. The van der Waals surface area contributed by atoms with Crippen LogP contribution in [0.5, 0.6) is 0 Å². The van der Waals surface area contributed by atoms with Gasteiger partial charge in [0.25, 0.3) is 5.91 Å². The molecule has 4 rings (SSSR count). The number of hydrogen-bond donors (Lipinski definition) is 2. The van der Waals surface area contributed by atoms with Gasteiger partial charge in [0.2, 0.25) is 5.89 Å². The summed E-state index contributed by atoms with van der Waals surface area (Å²) in [5.74, 6) is -0.165. The Kier molecular flexibility index (Phi) is 5.54. The summed E-state index contributed by atoms with van der Waals surface area (Å²) < 4.78 is 18.9. The van der Waals surface area contributed by atoms with Crippen LogP contribution in [0.2, 0.25) is 0 Å². The fourth-order valence-electron chi connectivity index (χ4n) is 2.72. The molecule has 0 saturated heterocycles. The van der Waals surface area contributed by atoms with Gasteiger partial charge < -0.3 is 10.3 Å². The van der Waals surface area contributed by atoms with Gasteiger partial charge in [-0.25, -0.2) is 9.37 Å². The number of nitrogens with one attached hydrogen (secondary N) is 1. The Morgan fingerprint density at radius 3 is 2.81 bits per heavy atom. The molecule has 0 radical (unpaired) electrons. The molecule has 0 atom stereocenters. The number of nitrogens with two attached hydrogens (primary N) is 1. The van der Waals surface area contributed by atoms with E-state index in [2.05, 4.69) is 20.4 Å². The second-order valence-corrected chi connectivity index (χ2v) is 7.13. The number of benzene rings is 1. The summed E-state index contributed by atoms with van der Waals surface area (Å²) in [6, 6.07) is 5.79. The summed E-state index contributed by atoms with van der Waals surface area (Å²) in [4.78, 5) is 20.8. The van der Waals surface area contributed by atoms with Gasteiger partial charge in [-0.3, -0.25) is 10.1 Å². The van der Waals surface area contributed by atoms with Crippen LogP contribution in [0.15, 0.2) is 34.2 Å². The van der Waals surface area contributed by atoms with Crippen LogP contribution in [0.3, 0.4) is 0 Å². The van der Waals surface area contributed by atoms with E-state index in [0.717, 1.165) is 19.3 Å². The first-order valence-electron chi connectivity index (χ1n) is 8.16. The third-order valence-corrected chi connectivity index (χ3v) is 5.19. The van der Waals surface area contributed by atoms with Crippen molar-refractivity contribution < 1.29 is 13.7 Å². The molecule has 0 aliphatic heterocycles. The minimum atomic E-state index is -0.577. The topological polar surface area (TPSA) is 107 Å². The minimum Gasteiger partial charge on any atom is -0.339 e. The molecule has 10 heteroatoms. The summed E-state index contributed by atoms with van der Waals surface area (Å²) in [6.45, 7) is 0. The van der Waals surface area contributed by atoms with E-state index in [9.17, 15) is 9.18 Å². The number of amides is 1. The number of thiazole rings is 1. The number of hydrogen-bond acceptors (Lipinski definition) is 7. The first-order valence-corrected chi connectivity index (χ1v) is 9.04. The van der Waals surface area contributed by atoms with Crippen LogP contribution < -0.4 is 11.1 Å². The summed E-state index contributed by atoms with van der Waals surface area (Å²) in [6.07, 6.45) is 3.12. The van der Waals surface area contributed by atoms with Gasteiger partial charge >= 0.3 is 0 Å². The van der Waals surface area contributed by atoms with E-state index in [1.807, 2.05) is 0 Å². The van der Waals surface area contributed by atoms with Crippen LogP contribution in [0, 0.1) is 5.82 Å². The molecule has 1 fully saturated rings. The minimum absolute atomic E-state index is 0. The predicted octanol–water partition coefficient (Wildman–Crippen LogP) is 3.27. The normalized spacial score (nSPS) is 14.9. The number of anilines is 1. The fourth-order valence-corrected chi connectivity index (χ4v) is 3.43. The van der Waals surface area contributed by atoms with Gasteiger partial charge in [0, 0.05) is 5.38 Å². The molecule has 142 valence electrons. The van der Waals surface area contributed by atoms with E-state index in [4.69, 9.17) is 10.3 Å². The summed E-state index contributed by atoms with van der Waals surface area (Å²) in [5, 5.41) is 8.72. The molecule has 1 aliphatic carbocycles. The van der Waals surface area contributed by atoms with Gasteiger partial charge in [0.1, 0.15) is 5.82 Å². The van der Waals surface area contributed by atoms with Gasteiger partial charge in [-0.2, -0.15) is 4.98 Å². The summed E-state index contributed by atoms with van der Waals surface area (Å²) >= 11 is 1.25. The van der Waals surface area contributed by atoms with Crippen LogP contribution in [-0.4, -0.2) is 21.0 Å². The van der Waals surface area contributed by atoms with Crippen molar-refractivity contribution in [3.63, 3.8) is 0 Å².